The second-order valence-corrected chi connectivity index (χ2v) is 7.79. The minimum atomic E-state index is 0.496. The molecule has 29 heavy (non-hydrogen) atoms. The number of aromatic nitrogens is 3. The molecule has 0 spiro atoms. The highest BCUT2D eigenvalue weighted by Gasteiger charge is 2.20. The van der Waals surface area contributed by atoms with E-state index in [0.29, 0.717) is 5.95 Å². The molecule has 0 saturated carbocycles. The Morgan fingerprint density at radius 1 is 0.828 bits per heavy atom. The quantitative estimate of drug-likeness (QED) is 0.456. The van der Waals surface area contributed by atoms with Gasteiger partial charge in [0.15, 0.2) is 0 Å². The van der Waals surface area contributed by atoms with Gasteiger partial charge in [-0.05, 0) is 63.1 Å². The summed E-state index contributed by atoms with van der Waals surface area (Å²) >= 11 is 0. The number of anilines is 4. The number of piperidine rings is 2. The van der Waals surface area contributed by atoms with Gasteiger partial charge in [-0.25, -0.2) is 5.43 Å². The van der Waals surface area contributed by atoms with Gasteiger partial charge in [0.25, 0.3) is 0 Å². The largest absolute Gasteiger partial charge is 0.399 e. The fourth-order valence-electron chi connectivity index (χ4n) is 3.80. The maximum Gasteiger partial charge on any atom is 0.250 e. The number of nitrogens with zero attached hydrogens (tertiary/aromatic N) is 6. The van der Waals surface area contributed by atoms with E-state index in [1.807, 2.05) is 31.2 Å². The van der Waals surface area contributed by atoms with Crippen molar-refractivity contribution in [1.29, 1.82) is 0 Å². The van der Waals surface area contributed by atoms with Gasteiger partial charge in [-0.3, -0.25) is 0 Å². The highest BCUT2D eigenvalue weighted by Crippen LogP contribution is 2.22. The average Bonchev–Trinajstić information content (AvgIpc) is 2.79. The first kappa shape index (κ1) is 19.4. The molecule has 2 aromatic rings. The van der Waals surface area contributed by atoms with E-state index >= 15 is 0 Å². The van der Waals surface area contributed by atoms with Gasteiger partial charge in [0.05, 0.1) is 5.71 Å². The monoisotopic (exact) mass is 394 g/mol. The minimum Gasteiger partial charge on any atom is -0.399 e. The first-order chi connectivity index (χ1) is 14.2. The van der Waals surface area contributed by atoms with Crippen LogP contribution in [0, 0.1) is 0 Å². The van der Waals surface area contributed by atoms with Gasteiger partial charge in [-0.15, -0.1) is 0 Å². The summed E-state index contributed by atoms with van der Waals surface area (Å²) in [4.78, 5) is 18.7. The summed E-state index contributed by atoms with van der Waals surface area (Å²) in [6.45, 7) is 5.94. The number of hydrazone groups is 1. The number of nitrogens with one attached hydrogen (secondary N) is 1. The van der Waals surface area contributed by atoms with Crippen LogP contribution >= 0.6 is 0 Å². The number of hydrogen-bond acceptors (Lipinski definition) is 8. The Hall–Kier alpha value is -2.90. The zero-order valence-corrected chi connectivity index (χ0v) is 17.1. The lowest BCUT2D eigenvalue weighted by Crippen LogP contribution is -2.34. The van der Waals surface area contributed by atoms with Gasteiger partial charge >= 0.3 is 0 Å². The van der Waals surface area contributed by atoms with E-state index in [-0.39, 0.29) is 0 Å². The zero-order valence-electron chi connectivity index (χ0n) is 17.1. The van der Waals surface area contributed by atoms with Crippen molar-refractivity contribution in [2.24, 2.45) is 5.10 Å². The summed E-state index contributed by atoms with van der Waals surface area (Å²) in [7, 11) is 0. The zero-order chi connectivity index (χ0) is 20.1. The van der Waals surface area contributed by atoms with Gasteiger partial charge in [0.1, 0.15) is 0 Å². The Balaban J connectivity index is 1.58. The molecule has 1 aromatic carbocycles. The third kappa shape index (κ3) is 4.93. The minimum absolute atomic E-state index is 0.496. The molecular formula is C21H30N8. The molecule has 1 aromatic heterocycles. The van der Waals surface area contributed by atoms with Crippen molar-refractivity contribution in [3.63, 3.8) is 0 Å². The van der Waals surface area contributed by atoms with Crippen molar-refractivity contribution < 1.29 is 0 Å². The molecule has 0 amide bonds. The molecule has 2 saturated heterocycles. The second kappa shape index (κ2) is 9.07. The number of rotatable bonds is 5. The Morgan fingerprint density at radius 2 is 1.34 bits per heavy atom. The van der Waals surface area contributed by atoms with Crippen molar-refractivity contribution >= 4 is 29.2 Å². The lowest BCUT2D eigenvalue weighted by Gasteiger charge is -2.30. The summed E-state index contributed by atoms with van der Waals surface area (Å²) in [5.74, 6) is 2.00. The lowest BCUT2D eigenvalue weighted by atomic mass is 10.1. The number of hydrogen-bond donors (Lipinski definition) is 2. The molecular weight excluding hydrogens is 364 g/mol. The lowest BCUT2D eigenvalue weighted by molar-refractivity contribution is 0.556. The van der Waals surface area contributed by atoms with Crippen molar-refractivity contribution in [2.45, 2.75) is 45.4 Å². The first-order valence-corrected chi connectivity index (χ1v) is 10.6. The summed E-state index contributed by atoms with van der Waals surface area (Å²) in [5.41, 5.74) is 11.4. The predicted octanol–water partition coefficient (Wildman–Crippen LogP) is 3.27. The second-order valence-electron chi connectivity index (χ2n) is 7.79. The van der Waals surface area contributed by atoms with E-state index in [2.05, 4.69) is 30.3 Å². The summed E-state index contributed by atoms with van der Waals surface area (Å²) in [5, 5.41) is 4.50. The van der Waals surface area contributed by atoms with Gasteiger partial charge in [0, 0.05) is 31.9 Å². The normalized spacial score (nSPS) is 18.0. The Morgan fingerprint density at radius 3 is 1.86 bits per heavy atom. The van der Waals surface area contributed by atoms with Crippen LogP contribution in [0.25, 0.3) is 0 Å². The van der Waals surface area contributed by atoms with E-state index in [4.69, 9.17) is 10.7 Å². The molecule has 2 aliphatic heterocycles. The van der Waals surface area contributed by atoms with Gasteiger partial charge in [0.2, 0.25) is 17.8 Å². The molecule has 2 aliphatic rings. The van der Waals surface area contributed by atoms with Crippen LogP contribution < -0.4 is 21.0 Å². The topological polar surface area (TPSA) is 95.6 Å². The summed E-state index contributed by atoms with van der Waals surface area (Å²) in [6.07, 6.45) is 7.28. The summed E-state index contributed by atoms with van der Waals surface area (Å²) < 4.78 is 0. The molecule has 8 heteroatoms. The fraction of sp³-hybridized carbons (Fsp3) is 0.524. The molecule has 0 aliphatic carbocycles. The van der Waals surface area contributed by atoms with Crippen LogP contribution in [0.3, 0.4) is 0 Å². The fourth-order valence-corrected chi connectivity index (χ4v) is 3.80. The van der Waals surface area contributed by atoms with E-state index in [1.54, 1.807) is 0 Å². The molecule has 0 atom stereocenters. The van der Waals surface area contributed by atoms with E-state index < -0.39 is 0 Å². The molecule has 0 unspecified atom stereocenters. The van der Waals surface area contributed by atoms with Crippen LogP contribution in [0.4, 0.5) is 23.5 Å². The van der Waals surface area contributed by atoms with Crippen molar-refractivity contribution in [3.05, 3.63) is 29.8 Å². The third-order valence-electron chi connectivity index (χ3n) is 5.54. The third-order valence-corrected chi connectivity index (χ3v) is 5.54. The smallest absolute Gasteiger partial charge is 0.250 e. The number of nitrogen functional groups attached to an aromatic ring is 1. The van der Waals surface area contributed by atoms with Crippen LogP contribution in [-0.4, -0.2) is 46.8 Å². The Labute approximate surface area is 172 Å². The van der Waals surface area contributed by atoms with E-state index in [1.165, 1.54) is 38.5 Å². The van der Waals surface area contributed by atoms with E-state index in [9.17, 15) is 0 Å². The van der Waals surface area contributed by atoms with Crippen LogP contribution in [0.1, 0.15) is 51.0 Å². The standard InChI is InChI=1S/C21H30N8/c1-16(17-8-10-18(22)11-9-17)26-27-19-23-20(28-12-4-2-5-13-28)25-21(24-19)29-14-6-3-7-15-29/h8-11H,2-7,12-15,22H2,1H3,(H,23,24,25,27)/b26-16-. The molecule has 4 rings (SSSR count). The number of nitrogens with two attached hydrogens (primary N) is 1. The van der Waals surface area contributed by atoms with Crippen molar-refractivity contribution in [3.8, 4) is 0 Å². The molecule has 2 fully saturated rings. The van der Waals surface area contributed by atoms with Crippen LogP contribution in [0.2, 0.25) is 0 Å². The maximum atomic E-state index is 5.78. The van der Waals surface area contributed by atoms with Crippen molar-refractivity contribution in [1.82, 2.24) is 15.0 Å². The SMILES string of the molecule is C/C(=N/Nc1nc(N2CCCCC2)nc(N2CCCCC2)n1)c1ccc(N)cc1. The maximum absolute atomic E-state index is 5.78. The Bertz CT molecular complexity index is 800. The molecule has 8 nitrogen and oxygen atoms in total. The molecule has 3 N–H and O–H groups in total. The summed E-state index contributed by atoms with van der Waals surface area (Å²) in [6, 6.07) is 7.67. The Kier molecular flexibility index (Phi) is 6.07. The average molecular weight is 395 g/mol. The highest BCUT2D eigenvalue weighted by atomic mass is 15.4. The van der Waals surface area contributed by atoms with E-state index in [0.717, 1.165) is 55.0 Å². The predicted molar refractivity (Wildman–Crippen MR) is 119 cm³/mol. The van der Waals surface area contributed by atoms with Gasteiger partial charge in [-0.1, -0.05) is 12.1 Å². The van der Waals surface area contributed by atoms with Crippen LogP contribution in [0.15, 0.2) is 29.4 Å². The van der Waals surface area contributed by atoms with Gasteiger partial charge < -0.3 is 15.5 Å². The van der Waals surface area contributed by atoms with Gasteiger partial charge in [-0.2, -0.15) is 20.1 Å². The number of benzene rings is 1. The molecule has 154 valence electrons. The molecule has 3 heterocycles. The molecule has 0 bridgehead atoms. The first-order valence-electron chi connectivity index (χ1n) is 10.6. The van der Waals surface area contributed by atoms with Crippen LogP contribution in [-0.2, 0) is 0 Å². The van der Waals surface area contributed by atoms with Crippen LogP contribution in [0.5, 0.6) is 0 Å². The van der Waals surface area contributed by atoms with Crippen molar-refractivity contribution in [2.75, 3.05) is 47.1 Å². The molecule has 0 radical (unpaired) electrons. The highest BCUT2D eigenvalue weighted by molar-refractivity contribution is 5.99.